The second kappa shape index (κ2) is 3.89. The third-order valence-corrected chi connectivity index (χ3v) is 1.34. The van der Waals surface area contributed by atoms with Gasteiger partial charge < -0.3 is 14.7 Å². The van der Waals surface area contributed by atoms with Crippen molar-refractivity contribution >= 4 is 7.32 Å². The van der Waals surface area contributed by atoms with E-state index in [2.05, 4.69) is 4.65 Å². The summed E-state index contributed by atoms with van der Waals surface area (Å²) in [4.78, 5) is 0. The normalized spacial score (nSPS) is 12.2. The van der Waals surface area contributed by atoms with Gasteiger partial charge in [0.25, 0.3) is 0 Å². The van der Waals surface area contributed by atoms with Gasteiger partial charge in [-0.3, -0.25) is 0 Å². The van der Waals surface area contributed by atoms with Crippen LogP contribution in [0.2, 0.25) is 0 Å². The van der Waals surface area contributed by atoms with E-state index in [9.17, 15) is 13.2 Å². The quantitative estimate of drug-likeness (QED) is 0.712. The first-order valence-corrected chi connectivity index (χ1v) is 3.51. The van der Waals surface area contributed by atoms with Gasteiger partial charge in [0.2, 0.25) is 0 Å². The molecule has 2 N–H and O–H groups in total. The lowest BCUT2D eigenvalue weighted by Crippen LogP contribution is -2.20. The molecule has 1 aromatic rings. The maximum Gasteiger partial charge on any atom is 0.707 e. The van der Waals surface area contributed by atoms with Crippen molar-refractivity contribution < 1.29 is 29.2 Å². The van der Waals surface area contributed by atoms with Gasteiger partial charge in [-0.1, -0.05) is 0 Å². The fraction of sp³-hybridized carbons (Fsp3) is 0.143. The minimum absolute atomic E-state index is 0.335. The van der Waals surface area contributed by atoms with Crippen molar-refractivity contribution in [2.45, 2.75) is 6.18 Å². The molecule has 0 amide bonds. The van der Waals surface area contributed by atoms with E-state index in [1.165, 1.54) is 0 Å². The van der Waals surface area contributed by atoms with E-state index in [4.69, 9.17) is 11.4 Å². The molecule has 0 radical (unpaired) electrons. The van der Waals surface area contributed by atoms with Crippen molar-refractivity contribution in [3.8, 4) is 5.75 Å². The minimum atomic E-state index is -4.54. The second-order valence-corrected chi connectivity index (χ2v) is 2.38. The standard InChI is InChI=1S/C7H6BF3O3/c9-7(10,11)5-1-3-6(4-2-5)14-8(12)13/h1-4,12-13H/i3D. The molecule has 0 spiro atoms. The molecule has 76 valence electrons. The van der Waals surface area contributed by atoms with E-state index in [0.717, 1.165) is 6.07 Å². The highest BCUT2D eigenvalue weighted by Crippen LogP contribution is 2.30. The molecule has 0 saturated heterocycles. The lowest BCUT2D eigenvalue weighted by molar-refractivity contribution is -0.137. The zero-order valence-corrected chi connectivity index (χ0v) is 6.75. The molecule has 0 aliphatic carbocycles. The summed E-state index contributed by atoms with van der Waals surface area (Å²) in [5.41, 5.74) is -0.993. The predicted molar refractivity (Wildman–Crippen MR) is 42.3 cm³/mol. The van der Waals surface area contributed by atoms with E-state index < -0.39 is 25.1 Å². The Morgan fingerprint density at radius 1 is 1.29 bits per heavy atom. The maximum absolute atomic E-state index is 12.1. The molecule has 3 nitrogen and oxygen atoms in total. The molecular formula is C7H6BF3O3. The average Bonchev–Trinajstić information content (AvgIpc) is 2.05. The highest BCUT2D eigenvalue weighted by molar-refractivity contribution is 6.33. The van der Waals surface area contributed by atoms with Gasteiger partial charge in [0.05, 0.1) is 6.93 Å². The molecule has 14 heavy (non-hydrogen) atoms. The highest BCUT2D eigenvalue weighted by Gasteiger charge is 2.30. The third-order valence-electron chi connectivity index (χ3n) is 1.34. The monoisotopic (exact) mass is 207 g/mol. The smallest absolute Gasteiger partial charge is 0.512 e. The second-order valence-electron chi connectivity index (χ2n) is 2.38. The molecule has 7 heteroatoms. The molecule has 0 aromatic heterocycles. The van der Waals surface area contributed by atoms with Gasteiger partial charge in [-0.2, -0.15) is 13.2 Å². The van der Waals surface area contributed by atoms with Crippen LogP contribution < -0.4 is 4.65 Å². The summed E-state index contributed by atoms with van der Waals surface area (Å²) in [5, 5.41) is 16.8. The summed E-state index contributed by atoms with van der Waals surface area (Å²) in [6, 6.07) is 1.51. The first-order valence-electron chi connectivity index (χ1n) is 4.01. The Bertz CT molecular complexity index is 356. The Hall–Kier alpha value is -1.21. The summed E-state index contributed by atoms with van der Waals surface area (Å²) in [6.07, 6.45) is -4.54. The lowest BCUT2D eigenvalue weighted by Gasteiger charge is -2.08. The first-order chi connectivity index (χ1) is 6.80. The van der Waals surface area contributed by atoms with E-state index in [-0.39, 0.29) is 5.75 Å². The summed E-state index contributed by atoms with van der Waals surface area (Å²) in [6.45, 7) is 0. The molecule has 0 atom stereocenters. The van der Waals surface area contributed by atoms with Gasteiger partial charge in [-0.15, -0.1) is 0 Å². The molecule has 0 saturated carbocycles. The molecule has 0 bridgehead atoms. The Kier molecular flexibility index (Phi) is 2.60. The molecule has 1 rings (SSSR count). The average molecular weight is 207 g/mol. The van der Waals surface area contributed by atoms with Gasteiger partial charge in [0, 0.05) is 0 Å². The topological polar surface area (TPSA) is 49.7 Å². The van der Waals surface area contributed by atoms with Crippen LogP contribution in [0.25, 0.3) is 0 Å². The summed E-state index contributed by atoms with van der Waals surface area (Å²) >= 11 is 0. The van der Waals surface area contributed by atoms with Crippen molar-refractivity contribution in [3.63, 3.8) is 0 Å². The fourth-order valence-electron chi connectivity index (χ4n) is 0.774. The van der Waals surface area contributed by atoms with Crippen LogP contribution in [-0.2, 0) is 6.18 Å². The van der Waals surface area contributed by atoms with Crippen LogP contribution in [0.3, 0.4) is 0 Å². The van der Waals surface area contributed by atoms with Crippen molar-refractivity contribution in [2.75, 3.05) is 0 Å². The van der Waals surface area contributed by atoms with Crippen LogP contribution in [0, 0.1) is 0 Å². The Morgan fingerprint density at radius 3 is 2.36 bits per heavy atom. The molecule has 0 aliphatic rings. The van der Waals surface area contributed by atoms with Gasteiger partial charge in [-0.25, -0.2) is 0 Å². The maximum atomic E-state index is 12.1. The van der Waals surface area contributed by atoms with E-state index >= 15 is 0 Å². The minimum Gasteiger partial charge on any atom is -0.512 e. The largest absolute Gasteiger partial charge is 0.707 e. The van der Waals surface area contributed by atoms with Gasteiger partial charge >= 0.3 is 13.5 Å². The number of benzene rings is 1. The van der Waals surface area contributed by atoms with Crippen molar-refractivity contribution in [2.24, 2.45) is 0 Å². The number of hydrogen-bond donors (Lipinski definition) is 2. The zero-order chi connectivity index (χ0) is 11.6. The van der Waals surface area contributed by atoms with E-state index in [1.54, 1.807) is 0 Å². The Balaban J connectivity index is 2.98. The summed E-state index contributed by atoms with van der Waals surface area (Å²) in [5.74, 6) is -0.335. The Morgan fingerprint density at radius 2 is 1.93 bits per heavy atom. The van der Waals surface area contributed by atoms with Gasteiger partial charge in [0.15, 0.2) is 0 Å². The van der Waals surface area contributed by atoms with Crippen molar-refractivity contribution in [3.05, 3.63) is 29.8 Å². The number of rotatable bonds is 2. The van der Waals surface area contributed by atoms with Crippen molar-refractivity contribution in [1.82, 2.24) is 0 Å². The molecule has 0 fully saturated rings. The number of alkyl halides is 3. The van der Waals surface area contributed by atoms with Gasteiger partial charge in [-0.05, 0) is 24.2 Å². The predicted octanol–water partition coefficient (Wildman–Crippen LogP) is 1.05. The van der Waals surface area contributed by atoms with Gasteiger partial charge in [0.1, 0.15) is 5.75 Å². The molecular weight excluding hydrogens is 200 g/mol. The van der Waals surface area contributed by atoms with E-state index in [1.807, 2.05) is 0 Å². The highest BCUT2D eigenvalue weighted by atomic mass is 19.4. The SMILES string of the molecule is [2H]c1cc(C(F)(F)F)ccc1OB(O)O. The lowest BCUT2D eigenvalue weighted by atomic mass is 10.2. The van der Waals surface area contributed by atoms with Crippen LogP contribution in [-0.4, -0.2) is 17.4 Å². The molecule has 0 unspecified atom stereocenters. The first kappa shape index (κ1) is 9.35. The number of hydrogen-bond acceptors (Lipinski definition) is 3. The zero-order valence-electron chi connectivity index (χ0n) is 7.75. The van der Waals surface area contributed by atoms with Crippen molar-refractivity contribution in [1.29, 1.82) is 0 Å². The van der Waals surface area contributed by atoms with Crippen LogP contribution in [0.1, 0.15) is 6.93 Å². The molecule has 0 heterocycles. The summed E-state index contributed by atoms with van der Waals surface area (Å²) in [7, 11) is -2.16. The van der Waals surface area contributed by atoms with E-state index in [0.29, 0.717) is 12.1 Å². The Labute approximate surface area is 79.3 Å². The molecule has 0 aliphatic heterocycles. The summed E-state index contributed by atoms with van der Waals surface area (Å²) < 4.78 is 47.8. The fourth-order valence-corrected chi connectivity index (χ4v) is 0.774. The van der Waals surface area contributed by atoms with Crippen LogP contribution in [0.15, 0.2) is 24.2 Å². The number of halogens is 3. The third kappa shape index (κ3) is 2.93. The van der Waals surface area contributed by atoms with Crippen LogP contribution in [0.5, 0.6) is 5.75 Å². The molecule has 1 aromatic carbocycles. The van der Waals surface area contributed by atoms with Crippen LogP contribution in [0.4, 0.5) is 13.2 Å². The van der Waals surface area contributed by atoms with Crippen LogP contribution >= 0.6 is 0 Å².